The fraction of sp³-hybridized carbons (Fsp3) is 0.467. The quantitative estimate of drug-likeness (QED) is 0.847. The second-order valence-electron chi connectivity index (χ2n) is 5.30. The van der Waals surface area contributed by atoms with E-state index in [1.807, 2.05) is 42.8 Å². The molecule has 0 bridgehead atoms. The lowest BCUT2D eigenvalue weighted by atomic mass is 9.98. The van der Waals surface area contributed by atoms with Crippen LogP contribution in [0.15, 0.2) is 24.3 Å². The number of ketones is 1. The van der Waals surface area contributed by atoms with Crippen molar-refractivity contribution in [2.24, 2.45) is 13.0 Å². The molecule has 0 radical (unpaired) electrons. The smallest absolute Gasteiger partial charge is 0.145 e. The topological polar surface area (TPSA) is 44.1 Å². The van der Waals surface area contributed by atoms with Gasteiger partial charge in [-0.05, 0) is 25.5 Å². The maximum atomic E-state index is 12.3. The van der Waals surface area contributed by atoms with E-state index in [0.29, 0.717) is 13.0 Å². The summed E-state index contributed by atoms with van der Waals surface area (Å²) in [5.74, 6) is 1.11. The number of rotatable bonds is 3. The summed E-state index contributed by atoms with van der Waals surface area (Å²) in [6, 6.07) is 7.96. The summed E-state index contributed by atoms with van der Waals surface area (Å²) in [5, 5.41) is 0. The van der Waals surface area contributed by atoms with Crippen LogP contribution in [0.2, 0.25) is 0 Å². The number of aryl methyl sites for hydroxylation is 1. The molecule has 2 unspecified atom stereocenters. The van der Waals surface area contributed by atoms with Crippen molar-refractivity contribution in [1.29, 1.82) is 0 Å². The van der Waals surface area contributed by atoms with Crippen LogP contribution >= 0.6 is 0 Å². The van der Waals surface area contributed by atoms with E-state index >= 15 is 0 Å². The van der Waals surface area contributed by atoms with Crippen LogP contribution < -0.4 is 0 Å². The van der Waals surface area contributed by atoms with Gasteiger partial charge in [0.05, 0.1) is 30.2 Å². The predicted molar refractivity (Wildman–Crippen MR) is 72.9 cm³/mol. The maximum Gasteiger partial charge on any atom is 0.145 e. The molecule has 1 aromatic carbocycles. The van der Waals surface area contributed by atoms with Crippen LogP contribution in [-0.4, -0.2) is 28.0 Å². The van der Waals surface area contributed by atoms with E-state index in [-0.39, 0.29) is 17.8 Å². The number of carbonyl (C=O) groups is 1. The zero-order valence-electron chi connectivity index (χ0n) is 11.3. The third kappa shape index (κ3) is 2.28. The minimum absolute atomic E-state index is 0.0369. The Morgan fingerprint density at radius 3 is 2.95 bits per heavy atom. The molecule has 3 rings (SSSR count). The molecule has 1 saturated heterocycles. The molecule has 4 nitrogen and oxygen atoms in total. The van der Waals surface area contributed by atoms with Crippen LogP contribution in [0.5, 0.6) is 0 Å². The van der Waals surface area contributed by atoms with Crippen LogP contribution in [0.4, 0.5) is 0 Å². The Balaban J connectivity index is 1.81. The van der Waals surface area contributed by atoms with E-state index in [0.717, 1.165) is 23.3 Å². The molecule has 0 amide bonds. The van der Waals surface area contributed by atoms with Crippen LogP contribution in [-0.2, 0) is 23.0 Å². The number of fused-ring (bicyclic) bond motifs is 1. The molecule has 0 saturated carbocycles. The number of Topliss-reactive ketones (excluding diaryl/α,β-unsaturated/α-hetero) is 1. The van der Waals surface area contributed by atoms with Gasteiger partial charge >= 0.3 is 0 Å². The second kappa shape index (κ2) is 4.78. The molecular weight excluding hydrogens is 240 g/mol. The SMILES string of the molecule is CC1CC(C(=O)Cc2nc3ccccc3n2C)CO1. The molecular formula is C15H18N2O2. The Hall–Kier alpha value is -1.68. The Bertz CT molecular complexity index is 618. The van der Waals surface area contributed by atoms with Gasteiger partial charge in [-0.2, -0.15) is 0 Å². The first kappa shape index (κ1) is 12.4. The fourth-order valence-electron chi connectivity index (χ4n) is 2.70. The number of imidazole rings is 1. The predicted octanol–water partition coefficient (Wildman–Crippen LogP) is 2.11. The zero-order chi connectivity index (χ0) is 13.4. The van der Waals surface area contributed by atoms with Crippen molar-refractivity contribution in [2.75, 3.05) is 6.61 Å². The lowest BCUT2D eigenvalue weighted by Gasteiger charge is -2.06. The van der Waals surface area contributed by atoms with Crippen molar-refractivity contribution in [3.8, 4) is 0 Å². The number of nitrogens with zero attached hydrogens (tertiary/aromatic N) is 2. The summed E-state index contributed by atoms with van der Waals surface area (Å²) in [6.07, 6.45) is 1.43. The lowest BCUT2D eigenvalue weighted by Crippen LogP contribution is -2.18. The average Bonchev–Trinajstić information content (AvgIpc) is 2.96. The average molecular weight is 258 g/mol. The molecule has 4 heteroatoms. The highest BCUT2D eigenvalue weighted by Gasteiger charge is 2.28. The second-order valence-corrected chi connectivity index (χ2v) is 5.30. The van der Waals surface area contributed by atoms with E-state index in [1.54, 1.807) is 0 Å². The number of aromatic nitrogens is 2. The number of hydrogen-bond acceptors (Lipinski definition) is 3. The molecule has 0 N–H and O–H groups in total. The van der Waals surface area contributed by atoms with Gasteiger partial charge in [0.2, 0.25) is 0 Å². The first-order valence-electron chi connectivity index (χ1n) is 6.70. The van der Waals surface area contributed by atoms with E-state index in [9.17, 15) is 4.79 Å². The molecule has 1 aromatic heterocycles. The summed E-state index contributed by atoms with van der Waals surface area (Å²) < 4.78 is 7.47. The van der Waals surface area contributed by atoms with Crippen molar-refractivity contribution in [2.45, 2.75) is 25.9 Å². The van der Waals surface area contributed by atoms with Gasteiger partial charge in [0, 0.05) is 13.0 Å². The molecule has 2 heterocycles. The monoisotopic (exact) mass is 258 g/mol. The van der Waals surface area contributed by atoms with Crippen molar-refractivity contribution in [3.63, 3.8) is 0 Å². The van der Waals surface area contributed by atoms with Crippen molar-refractivity contribution >= 4 is 16.8 Å². The Morgan fingerprint density at radius 1 is 1.47 bits per heavy atom. The Labute approximate surface area is 112 Å². The van der Waals surface area contributed by atoms with Gasteiger partial charge in [-0.3, -0.25) is 4.79 Å². The molecule has 19 heavy (non-hydrogen) atoms. The lowest BCUT2D eigenvalue weighted by molar-refractivity contribution is -0.122. The summed E-state index contributed by atoms with van der Waals surface area (Å²) in [7, 11) is 1.96. The minimum atomic E-state index is 0.0369. The van der Waals surface area contributed by atoms with Gasteiger partial charge in [-0.1, -0.05) is 12.1 Å². The third-order valence-electron chi connectivity index (χ3n) is 3.87. The van der Waals surface area contributed by atoms with Gasteiger partial charge in [0.25, 0.3) is 0 Å². The van der Waals surface area contributed by atoms with E-state index in [2.05, 4.69) is 4.98 Å². The molecule has 1 aliphatic heterocycles. The largest absolute Gasteiger partial charge is 0.378 e. The standard InChI is InChI=1S/C15H18N2O2/c1-10-7-11(9-19-10)14(18)8-15-16-12-5-3-4-6-13(12)17(15)2/h3-6,10-11H,7-9H2,1-2H3. The van der Waals surface area contributed by atoms with Gasteiger partial charge in [-0.15, -0.1) is 0 Å². The maximum absolute atomic E-state index is 12.3. The highest BCUT2D eigenvalue weighted by molar-refractivity contribution is 5.84. The highest BCUT2D eigenvalue weighted by atomic mass is 16.5. The third-order valence-corrected chi connectivity index (χ3v) is 3.87. The number of ether oxygens (including phenoxy) is 1. The molecule has 0 aliphatic carbocycles. The summed E-state index contributed by atoms with van der Waals surface area (Å²) in [6.45, 7) is 2.58. The normalized spacial score (nSPS) is 23.1. The van der Waals surface area contributed by atoms with Crippen molar-refractivity contribution in [1.82, 2.24) is 9.55 Å². The first-order chi connectivity index (χ1) is 9.15. The number of para-hydroxylation sites is 2. The molecule has 1 aliphatic rings. The van der Waals surface area contributed by atoms with Crippen LogP contribution in [0, 0.1) is 5.92 Å². The van der Waals surface area contributed by atoms with Crippen molar-refractivity contribution in [3.05, 3.63) is 30.1 Å². The van der Waals surface area contributed by atoms with Crippen molar-refractivity contribution < 1.29 is 9.53 Å². The Morgan fingerprint density at radius 2 is 2.26 bits per heavy atom. The van der Waals surface area contributed by atoms with Gasteiger partial charge in [0.15, 0.2) is 0 Å². The first-order valence-corrected chi connectivity index (χ1v) is 6.70. The van der Waals surface area contributed by atoms with Crippen LogP contribution in [0.1, 0.15) is 19.2 Å². The molecule has 100 valence electrons. The molecule has 2 atom stereocenters. The fourth-order valence-corrected chi connectivity index (χ4v) is 2.70. The van der Waals surface area contributed by atoms with Gasteiger partial charge < -0.3 is 9.30 Å². The summed E-state index contributed by atoms with van der Waals surface area (Å²) in [4.78, 5) is 16.8. The van der Waals surface area contributed by atoms with Crippen LogP contribution in [0.3, 0.4) is 0 Å². The van der Waals surface area contributed by atoms with E-state index in [1.165, 1.54) is 0 Å². The highest BCUT2D eigenvalue weighted by Crippen LogP contribution is 2.22. The van der Waals surface area contributed by atoms with Crippen LogP contribution in [0.25, 0.3) is 11.0 Å². The zero-order valence-corrected chi connectivity index (χ0v) is 11.3. The van der Waals surface area contributed by atoms with Gasteiger partial charge in [-0.25, -0.2) is 4.98 Å². The summed E-state index contributed by atoms with van der Waals surface area (Å²) in [5.41, 5.74) is 2.02. The molecule has 1 fully saturated rings. The number of carbonyl (C=O) groups excluding carboxylic acids is 1. The Kier molecular flexibility index (Phi) is 3.11. The van der Waals surface area contributed by atoms with E-state index in [4.69, 9.17) is 4.74 Å². The number of benzene rings is 1. The van der Waals surface area contributed by atoms with E-state index < -0.39 is 0 Å². The molecule has 2 aromatic rings. The summed E-state index contributed by atoms with van der Waals surface area (Å²) >= 11 is 0. The van der Waals surface area contributed by atoms with Gasteiger partial charge in [0.1, 0.15) is 11.6 Å². The molecule has 0 spiro atoms. The number of hydrogen-bond donors (Lipinski definition) is 0. The minimum Gasteiger partial charge on any atom is -0.378 e.